The number of allylic oxidation sites excluding steroid dienone is 3. The highest BCUT2D eigenvalue weighted by molar-refractivity contribution is 6.85. The van der Waals surface area contributed by atoms with Crippen LogP contribution >= 0.6 is 0 Å². The van der Waals surface area contributed by atoms with Crippen LogP contribution in [0, 0.1) is 13.8 Å². The molecule has 6 heteroatoms. The molecule has 0 spiro atoms. The van der Waals surface area contributed by atoms with Crippen molar-refractivity contribution in [2.45, 2.75) is 53.4 Å². The number of phenolic OH excluding ortho intramolecular Hbond substituents is 1. The Kier molecular flexibility index (Phi) is 9.57. The molecule has 2 aliphatic heterocycles. The summed E-state index contributed by atoms with van der Waals surface area (Å²) < 4.78 is 2.42. The number of imidazole rings is 1. The van der Waals surface area contributed by atoms with Crippen LogP contribution in [0.15, 0.2) is 164 Å². The Morgan fingerprint density at radius 2 is 1.29 bits per heavy atom. The molecule has 0 fully saturated rings. The van der Waals surface area contributed by atoms with Crippen molar-refractivity contribution >= 4 is 23.5 Å². The van der Waals surface area contributed by atoms with Crippen molar-refractivity contribution in [2.24, 2.45) is 0 Å². The van der Waals surface area contributed by atoms with Crippen LogP contribution in [-0.2, 0) is 0 Å². The van der Waals surface area contributed by atoms with Gasteiger partial charge < -0.3 is 14.5 Å². The molecule has 0 saturated carbocycles. The molecule has 2 aliphatic rings. The van der Waals surface area contributed by atoms with Crippen molar-refractivity contribution in [3.63, 3.8) is 0 Å². The lowest BCUT2D eigenvalue weighted by molar-refractivity contribution is 0.477. The lowest BCUT2D eigenvalue weighted by Crippen LogP contribution is -2.60. The second kappa shape index (κ2) is 15.0. The van der Waals surface area contributed by atoms with E-state index >= 15 is 0 Å². The lowest BCUT2D eigenvalue weighted by Gasteiger charge is -2.39. The first kappa shape index (κ1) is 37.0. The molecule has 0 aliphatic carbocycles. The first-order valence-corrected chi connectivity index (χ1v) is 20.3. The number of para-hydroxylation sites is 1. The van der Waals surface area contributed by atoms with E-state index < -0.39 is 0 Å². The zero-order valence-electron chi connectivity index (χ0n) is 34.0. The van der Waals surface area contributed by atoms with Crippen LogP contribution in [0.5, 0.6) is 5.75 Å². The fourth-order valence-electron chi connectivity index (χ4n) is 8.89. The van der Waals surface area contributed by atoms with Gasteiger partial charge in [0, 0.05) is 28.6 Å². The summed E-state index contributed by atoms with van der Waals surface area (Å²) in [5.74, 6) is 1.25. The van der Waals surface area contributed by atoms with Crippen LogP contribution in [0.3, 0.4) is 0 Å². The highest BCUT2D eigenvalue weighted by Gasteiger charge is 2.44. The summed E-state index contributed by atoms with van der Waals surface area (Å²) in [7, 11) is 0. The average molecular weight is 755 g/mol. The van der Waals surface area contributed by atoms with Gasteiger partial charge in [0.05, 0.1) is 22.6 Å². The van der Waals surface area contributed by atoms with Gasteiger partial charge >= 0.3 is 6.85 Å². The van der Waals surface area contributed by atoms with Crippen molar-refractivity contribution in [1.82, 2.24) is 19.3 Å². The zero-order valence-corrected chi connectivity index (χ0v) is 34.0. The van der Waals surface area contributed by atoms with Gasteiger partial charge in [0.1, 0.15) is 11.6 Å². The van der Waals surface area contributed by atoms with E-state index in [4.69, 9.17) is 9.97 Å². The van der Waals surface area contributed by atoms with Crippen molar-refractivity contribution in [1.29, 1.82) is 0 Å². The molecule has 0 atom stereocenters. The van der Waals surface area contributed by atoms with E-state index in [0.29, 0.717) is 11.4 Å². The molecule has 284 valence electrons. The summed E-state index contributed by atoms with van der Waals surface area (Å²) in [6, 6.07) is 44.4. The normalized spacial score (nSPS) is 13.4. The van der Waals surface area contributed by atoms with Gasteiger partial charge in [-0.3, -0.25) is 4.98 Å². The number of hydrogen-bond donors (Lipinski definition) is 1. The minimum atomic E-state index is -0.240. The van der Waals surface area contributed by atoms with Gasteiger partial charge in [-0.25, -0.2) is 4.98 Å². The maximum absolute atomic E-state index is 11.8. The third-order valence-electron chi connectivity index (χ3n) is 11.6. The number of rotatable bonds is 8. The lowest BCUT2D eigenvalue weighted by atomic mass is 9.46. The van der Waals surface area contributed by atoms with E-state index in [2.05, 4.69) is 166 Å². The van der Waals surface area contributed by atoms with Crippen molar-refractivity contribution in [2.75, 3.05) is 0 Å². The second-order valence-corrected chi connectivity index (χ2v) is 16.1. The van der Waals surface area contributed by atoms with Crippen molar-refractivity contribution in [3.05, 3.63) is 197 Å². The standard InChI is InChI=1S/C52H47BN4O/c1-33(2)42-31-40(37-20-8-7-9-21-37)32-43(34(3)4)50(42)57-51-49(55-52(57)41-24-10-11-27-46(41)58)47(39-23-17-22-38(30-39)44-25-12-14-28-54-44)45-26-13-15-29-56(45)53(51)48-35(5)18-16-19-36(48)6/h7-34,58H,1-6H3. The Morgan fingerprint density at radius 3 is 1.98 bits per heavy atom. The molecule has 0 saturated heterocycles. The van der Waals surface area contributed by atoms with Crippen LogP contribution in [0.1, 0.15) is 73.0 Å². The van der Waals surface area contributed by atoms with Crippen LogP contribution < -0.4 is 11.1 Å². The van der Waals surface area contributed by atoms with Crippen LogP contribution in [0.2, 0.25) is 0 Å². The van der Waals surface area contributed by atoms with Gasteiger partial charge in [0.15, 0.2) is 0 Å². The van der Waals surface area contributed by atoms with Gasteiger partial charge in [-0.05, 0) is 120 Å². The van der Waals surface area contributed by atoms with Gasteiger partial charge in [0.2, 0.25) is 0 Å². The van der Waals surface area contributed by atoms with E-state index in [1.165, 1.54) is 38.8 Å². The highest BCUT2D eigenvalue weighted by atomic mass is 16.3. The molecule has 0 radical (unpaired) electrons. The number of benzene rings is 5. The summed E-state index contributed by atoms with van der Waals surface area (Å²) in [6.07, 6.45) is 10.5. The summed E-state index contributed by atoms with van der Waals surface area (Å²) in [5, 5.41) is 11.8. The average Bonchev–Trinajstić information content (AvgIpc) is 3.62. The SMILES string of the molecule is Cc1cccc(C)c1B1c2c(nc(-c3ccccc3O)n2-c2c(C(C)C)cc(-c3ccccc3)cc2C(C)C)C(c2cccc(-c3ccccn3)c2)=C2C=CC=CN12. The summed E-state index contributed by atoms with van der Waals surface area (Å²) >= 11 is 0. The van der Waals surface area contributed by atoms with Crippen LogP contribution in [0.4, 0.5) is 0 Å². The fourth-order valence-corrected chi connectivity index (χ4v) is 8.89. The Balaban J connectivity index is 1.46. The maximum atomic E-state index is 11.8. The predicted octanol–water partition coefficient (Wildman–Crippen LogP) is 11.1. The number of phenols is 1. The number of fused-ring (bicyclic) bond motifs is 2. The second-order valence-electron chi connectivity index (χ2n) is 16.1. The number of aryl methyl sites for hydroxylation is 2. The van der Waals surface area contributed by atoms with Gasteiger partial charge in [-0.2, -0.15) is 0 Å². The van der Waals surface area contributed by atoms with Crippen molar-refractivity contribution < 1.29 is 5.11 Å². The van der Waals surface area contributed by atoms with Gasteiger partial charge in [-0.1, -0.05) is 130 Å². The van der Waals surface area contributed by atoms with Crippen molar-refractivity contribution in [3.8, 4) is 45.2 Å². The number of pyridine rings is 1. The number of aromatic hydroxyl groups is 1. The van der Waals surface area contributed by atoms with E-state index in [1.807, 2.05) is 36.5 Å². The molecule has 7 aromatic rings. The summed E-state index contributed by atoms with van der Waals surface area (Å²) in [4.78, 5) is 12.9. The first-order valence-electron chi connectivity index (χ1n) is 20.3. The molecular weight excluding hydrogens is 707 g/mol. The van der Waals surface area contributed by atoms with Gasteiger partial charge in [-0.15, -0.1) is 0 Å². The minimum Gasteiger partial charge on any atom is -0.507 e. The summed E-state index contributed by atoms with van der Waals surface area (Å²) in [5.41, 5.74) is 17.4. The number of nitrogens with zero attached hydrogens (tertiary/aromatic N) is 4. The number of hydrogen-bond acceptors (Lipinski definition) is 4. The zero-order chi connectivity index (χ0) is 40.1. The highest BCUT2D eigenvalue weighted by Crippen LogP contribution is 2.43. The molecule has 0 unspecified atom stereocenters. The minimum absolute atomic E-state index is 0.173. The quantitative estimate of drug-likeness (QED) is 0.157. The predicted molar refractivity (Wildman–Crippen MR) is 241 cm³/mol. The molecule has 1 N–H and O–H groups in total. The Hall–Kier alpha value is -6.66. The molecule has 4 heterocycles. The van der Waals surface area contributed by atoms with Crippen LogP contribution in [0.25, 0.3) is 45.0 Å². The van der Waals surface area contributed by atoms with E-state index in [9.17, 15) is 5.11 Å². The number of aromatic nitrogens is 3. The molecule has 9 rings (SSSR count). The topological polar surface area (TPSA) is 54.2 Å². The van der Waals surface area contributed by atoms with Crippen LogP contribution in [-0.4, -0.2) is 31.3 Å². The third-order valence-corrected chi connectivity index (χ3v) is 11.6. The molecular formula is C52H47BN4O. The molecule has 2 aromatic heterocycles. The maximum Gasteiger partial charge on any atom is 0.349 e. The molecule has 0 bridgehead atoms. The monoisotopic (exact) mass is 754 g/mol. The summed E-state index contributed by atoms with van der Waals surface area (Å²) in [6.45, 7) is 13.3. The Bertz CT molecular complexity index is 2730. The fraction of sp³-hybridized carbons (Fsp3) is 0.154. The first-order chi connectivity index (χ1) is 28.2. The van der Waals surface area contributed by atoms with E-state index in [0.717, 1.165) is 45.1 Å². The molecule has 5 nitrogen and oxygen atoms in total. The molecule has 5 aromatic carbocycles. The largest absolute Gasteiger partial charge is 0.507 e. The molecule has 0 amide bonds. The smallest absolute Gasteiger partial charge is 0.349 e. The van der Waals surface area contributed by atoms with E-state index in [-0.39, 0.29) is 24.4 Å². The Labute approximate surface area is 342 Å². The third kappa shape index (κ3) is 6.30. The molecule has 58 heavy (non-hydrogen) atoms. The van der Waals surface area contributed by atoms with E-state index in [1.54, 1.807) is 6.07 Å². The van der Waals surface area contributed by atoms with Gasteiger partial charge in [0.25, 0.3) is 0 Å². The Morgan fingerprint density at radius 1 is 0.638 bits per heavy atom.